The summed E-state index contributed by atoms with van der Waals surface area (Å²) in [4.78, 5) is 21.5. The van der Waals surface area contributed by atoms with Gasteiger partial charge in [-0.3, -0.25) is 4.79 Å². The Kier molecular flexibility index (Phi) is 7.25. The first-order valence-corrected chi connectivity index (χ1v) is 11.4. The van der Waals surface area contributed by atoms with E-state index in [1.165, 1.54) is 0 Å². The first kappa shape index (κ1) is 22.9. The van der Waals surface area contributed by atoms with Crippen LogP contribution in [-0.2, 0) is 14.3 Å². The average Bonchev–Trinajstić information content (AvgIpc) is 2.79. The van der Waals surface area contributed by atoms with Crippen LogP contribution in [-0.4, -0.2) is 60.4 Å². The molecule has 9 heteroatoms. The third-order valence-corrected chi connectivity index (χ3v) is 5.85. The second-order valence-corrected chi connectivity index (χ2v) is 9.29. The summed E-state index contributed by atoms with van der Waals surface area (Å²) in [6, 6.07) is 7.46. The third-order valence-electron chi connectivity index (χ3n) is 5.55. The van der Waals surface area contributed by atoms with Crippen molar-refractivity contribution in [2.24, 2.45) is 5.92 Å². The number of anilines is 2. The van der Waals surface area contributed by atoms with Gasteiger partial charge in [0.2, 0.25) is 5.91 Å². The summed E-state index contributed by atoms with van der Waals surface area (Å²) in [6.07, 6.45) is 3.37. The first-order valence-electron chi connectivity index (χ1n) is 11.0. The molecule has 2 aromatic rings. The summed E-state index contributed by atoms with van der Waals surface area (Å²) in [7, 11) is 0. The molecule has 0 saturated carbocycles. The number of hydrogen-bond acceptors (Lipinski definition) is 7. The van der Waals surface area contributed by atoms with Crippen molar-refractivity contribution >= 4 is 29.1 Å². The number of hydrogen-bond donors (Lipinski definition) is 3. The van der Waals surface area contributed by atoms with Gasteiger partial charge in [0.25, 0.3) is 0 Å². The van der Waals surface area contributed by atoms with Crippen LogP contribution < -0.4 is 16.0 Å². The molecule has 2 aliphatic rings. The van der Waals surface area contributed by atoms with Crippen molar-refractivity contribution in [1.29, 1.82) is 0 Å². The van der Waals surface area contributed by atoms with Crippen molar-refractivity contribution in [3.63, 3.8) is 0 Å². The second-order valence-electron chi connectivity index (χ2n) is 8.89. The van der Waals surface area contributed by atoms with Crippen molar-refractivity contribution < 1.29 is 14.3 Å². The van der Waals surface area contributed by atoms with Crippen LogP contribution in [0.2, 0.25) is 5.02 Å². The number of carbonyl (C=O) groups excluding carboxylic acids is 1. The minimum Gasteiger partial charge on any atom is -0.376 e. The van der Waals surface area contributed by atoms with Gasteiger partial charge in [-0.05, 0) is 51.4 Å². The highest BCUT2D eigenvalue weighted by Gasteiger charge is 2.29. The maximum atomic E-state index is 12.6. The lowest BCUT2D eigenvalue weighted by molar-refractivity contribution is -0.177. The van der Waals surface area contributed by atoms with Crippen LogP contribution in [0.4, 0.5) is 11.6 Å². The van der Waals surface area contributed by atoms with Crippen LogP contribution in [0.5, 0.6) is 0 Å². The molecule has 0 radical (unpaired) electrons. The van der Waals surface area contributed by atoms with E-state index >= 15 is 0 Å². The molecule has 0 unspecified atom stereocenters. The molecule has 0 aromatic carbocycles. The Balaban J connectivity index is 1.43. The molecule has 2 aromatic heterocycles. The largest absolute Gasteiger partial charge is 0.376 e. The lowest BCUT2D eigenvalue weighted by Gasteiger charge is -2.36. The van der Waals surface area contributed by atoms with Gasteiger partial charge in [0, 0.05) is 24.8 Å². The van der Waals surface area contributed by atoms with Crippen LogP contribution in [0.1, 0.15) is 26.7 Å². The van der Waals surface area contributed by atoms with Gasteiger partial charge < -0.3 is 25.4 Å². The van der Waals surface area contributed by atoms with Crippen molar-refractivity contribution in [3.8, 4) is 11.3 Å². The molecular weight excluding hydrogens is 430 g/mol. The fraction of sp³-hybridized carbons (Fsp3) is 0.522. The fourth-order valence-electron chi connectivity index (χ4n) is 3.96. The van der Waals surface area contributed by atoms with Gasteiger partial charge in [0.1, 0.15) is 11.6 Å². The van der Waals surface area contributed by atoms with Gasteiger partial charge in [0.05, 0.1) is 41.6 Å². The molecule has 4 rings (SSSR count). The molecule has 0 bridgehead atoms. The lowest BCUT2D eigenvalue weighted by atomic mass is 9.99. The van der Waals surface area contributed by atoms with Gasteiger partial charge in [0.15, 0.2) is 0 Å². The number of rotatable bonds is 6. The minimum absolute atomic E-state index is 0.0287. The number of pyridine rings is 2. The molecule has 1 amide bonds. The van der Waals surface area contributed by atoms with E-state index < -0.39 is 0 Å². The van der Waals surface area contributed by atoms with Crippen LogP contribution in [0, 0.1) is 5.92 Å². The van der Waals surface area contributed by atoms with E-state index in [0.29, 0.717) is 54.2 Å². The van der Waals surface area contributed by atoms with Crippen LogP contribution >= 0.6 is 11.6 Å². The highest BCUT2D eigenvalue weighted by atomic mass is 35.5. The van der Waals surface area contributed by atoms with Gasteiger partial charge in [-0.25, -0.2) is 9.97 Å². The standard InChI is InChI=1S/C23H30ClN5O3/c1-23(2)14-31-13-16(32-23)11-26-20-7-3-6-19(28-20)17-9-21(27-12-18(17)24)29-22(30)15-5-4-8-25-10-15/h3,6-7,9,12,15-16,25H,4-5,8,10-11,13-14H2,1-2H3,(H,26,28)(H,27,29,30)/t15-,16-/m1/s1. The predicted octanol–water partition coefficient (Wildman–Crippen LogP) is 3.34. The highest BCUT2D eigenvalue weighted by Crippen LogP contribution is 2.29. The number of nitrogens with zero attached hydrogens (tertiary/aromatic N) is 2. The third kappa shape index (κ3) is 5.95. The number of piperidine rings is 1. The Bertz CT molecular complexity index is 949. The number of nitrogens with one attached hydrogen (secondary N) is 3. The van der Waals surface area contributed by atoms with Crippen LogP contribution in [0.25, 0.3) is 11.3 Å². The zero-order chi connectivity index (χ0) is 22.6. The SMILES string of the molecule is CC1(C)COC[C@@H](CNc2cccc(-c3cc(NC(=O)[C@@H]4CCCNC4)ncc3Cl)n2)O1. The average molecular weight is 460 g/mol. The molecule has 2 aliphatic heterocycles. The Hall–Kier alpha value is -2.26. The number of aromatic nitrogens is 2. The van der Waals surface area contributed by atoms with Gasteiger partial charge >= 0.3 is 0 Å². The monoisotopic (exact) mass is 459 g/mol. The van der Waals surface area contributed by atoms with E-state index in [2.05, 4.69) is 20.9 Å². The number of halogens is 1. The van der Waals surface area contributed by atoms with Gasteiger partial charge in [-0.15, -0.1) is 0 Å². The lowest BCUT2D eigenvalue weighted by Crippen LogP contribution is -2.45. The smallest absolute Gasteiger partial charge is 0.229 e. The van der Waals surface area contributed by atoms with Crippen molar-refractivity contribution in [3.05, 3.63) is 35.5 Å². The fourth-order valence-corrected chi connectivity index (χ4v) is 4.16. The molecule has 172 valence electrons. The van der Waals surface area contributed by atoms with E-state index in [1.54, 1.807) is 12.3 Å². The van der Waals surface area contributed by atoms with E-state index in [9.17, 15) is 4.79 Å². The molecule has 32 heavy (non-hydrogen) atoms. The maximum absolute atomic E-state index is 12.6. The Labute approximate surface area is 193 Å². The van der Waals surface area contributed by atoms with Gasteiger partial charge in [-0.2, -0.15) is 0 Å². The van der Waals surface area contributed by atoms with Crippen LogP contribution in [0.15, 0.2) is 30.5 Å². The second kappa shape index (κ2) is 10.1. The van der Waals surface area contributed by atoms with Crippen LogP contribution in [0.3, 0.4) is 0 Å². The summed E-state index contributed by atoms with van der Waals surface area (Å²) in [5.41, 5.74) is 1.11. The molecule has 4 heterocycles. The van der Waals surface area contributed by atoms with Crippen molar-refractivity contribution in [1.82, 2.24) is 15.3 Å². The Morgan fingerprint density at radius 1 is 1.34 bits per heavy atom. The summed E-state index contributed by atoms with van der Waals surface area (Å²) >= 11 is 6.42. The zero-order valence-corrected chi connectivity index (χ0v) is 19.2. The number of amides is 1. The number of ether oxygens (including phenoxy) is 2. The normalized spacial score (nSPS) is 22.8. The van der Waals surface area contributed by atoms with Crippen molar-refractivity contribution in [2.45, 2.75) is 38.4 Å². The first-order chi connectivity index (χ1) is 15.4. The summed E-state index contributed by atoms with van der Waals surface area (Å²) in [6.45, 7) is 7.41. The molecular formula is C23H30ClN5O3. The van der Waals surface area contributed by atoms with Crippen molar-refractivity contribution in [2.75, 3.05) is 43.5 Å². The number of carbonyl (C=O) groups is 1. The Morgan fingerprint density at radius 3 is 3.00 bits per heavy atom. The summed E-state index contributed by atoms with van der Waals surface area (Å²) in [5, 5.41) is 9.97. The Morgan fingerprint density at radius 2 is 2.22 bits per heavy atom. The molecule has 0 spiro atoms. The zero-order valence-electron chi connectivity index (χ0n) is 18.5. The quantitative estimate of drug-likeness (QED) is 0.609. The summed E-state index contributed by atoms with van der Waals surface area (Å²) in [5.74, 6) is 1.10. The van der Waals surface area contributed by atoms with E-state index in [0.717, 1.165) is 19.4 Å². The molecule has 2 atom stereocenters. The van der Waals surface area contributed by atoms with E-state index in [-0.39, 0.29) is 23.5 Å². The predicted molar refractivity (Wildman–Crippen MR) is 125 cm³/mol. The highest BCUT2D eigenvalue weighted by molar-refractivity contribution is 6.33. The van der Waals surface area contributed by atoms with E-state index in [1.807, 2.05) is 32.0 Å². The minimum atomic E-state index is -0.293. The molecule has 0 aliphatic carbocycles. The van der Waals surface area contributed by atoms with E-state index in [4.69, 9.17) is 26.1 Å². The topological polar surface area (TPSA) is 97.4 Å². The van der Waals surface area contributed by atoms with Gasteiger partial charge in [-0.1, -0.05) is 17.7 Å². The summed E-state index contributed by atoms with van der Waals surface area (Å²) < 4.78 is 11.7. The molecule has 8 nitrogen and oxygen atoms in total. The maximum Gasteiger partial charge on any atom is 0.229 e. The molecule has 2 saturated heterocycles. The molecule has 3 N–H and O–H groups in total. The molecule has 2 fully saturated rings.